The molecule has 0 fully saturated rings. The highest BCUT2D eigenvalue weighted by atomic mass is 16.6. The molecule has 0 amide bonds. The van der Waals surface area contributed by atoms with Gasteiger partial charge in [0.05, 0.1) is 0 Å². The van der Waals surface area contributed by atoms with Gasteiger partial charge in [0, 0.05) is 0 Å². The van der Waals surface area contributed by atoms with Crippen LogP contribution in [0.5, 0.6) is 0 Å². The number of rotatable bonds is 4. The highest BCUT2D eigenvalue weighted by molar-refractivity contribution is 5.53. The minimum absolute atomic E-state index is 1.21. The average molecular weight is 302 g/mol. The zero-order valence-corrected chi connectivity index (χ0v) is 13.4. The molecule has 2 N–H and O–H groups in total. The van der Waals surface area contributed by atoms with E-state index in [0.29, 0.717) is 0 Å². The number of aryl methyl sites for hydroxylation is 2. The summed E-state index contributed by atoms with van der Waals surface area (Å²) in [6.45, 7) is 4.40. The fraction of sp³-hybridized carbons (Fsp3) is 0.316. The van der Waals surface area contributed by atoms with Crippen molar-refractivity contribution >= 4 is 6.16 Å². The van der Waals surface area contributed by atoms with Crippen LogP contribution in [0.4, 0.5) is 4.79 Å². The van der Waals surface area contributed by atoms with E-state index in [2.05, 4.69) is 74.5 Å². The second-order valence-electron chi connectivity index (χ2n) is 4.75. The number of carbonyl (C=O) groups is 1. The van der Waals surface area contributed by atoms with Crippen LogP contribution in [0.2, 0.25) is 0 Å². The SMILES string of the molecule is CCCc1ccccc1.CCCc1ccccc1.O=C(O)O. The summed E-state index contributed by atoms with van der Waals surface area (Å²) in [5.74, 6) is 0. The molecule has 2 aromatic carbocycles. The van der Waals surface area contributed by atoms with Crippen molar-refractivity contribution in [2.24, 2.45) is 0 Å². The van der Waals surface area contributed by atoms with E-state index in [1.54, 1.807) is 0 Å². The molecule has 0 atom stereocenters. The van der Waals surface area contributed by atoms with Crippen molar-refractivity contribution in [3.8, 4) is 0 Å². The van der Waals surface area contributed by atoms with Crippen LogP contribution in [-0.2, 0) is 12.8 Å². The van der Waals surface area contributed by atoms with Crippen LogP contribution in [0.3, 0.4) is 0 Å². The second kappa shape index (κ2) is 13.7. The van der Waals surface area contributed by atoms with Gasteiger partial charge < -0.3 is 10.2 Å². The first kappa shape index (κ1) is 19.7. The standard InChI is InChI=1S/2C9H12.CH2O3/c2*1-2-6-9-7-4-3-5-8-9;2-1(3)4/h2*3-5,7-8H,2,6H2,1H3;(H2,2,3,4). The summed E-state index contributed by atoms with van der Waals surface area (Å²) in [5, 5.41) is 13.9. The number of carboxylic acid groups (broad SMARTS) is 2. The summed E-state index contributed by atoms with van der Waals surface area (Å²) in [5.41, 5.74) is 2.89. The van der Waals surface area contributed by atoms with Gasteiger partial charge in [0.15, 0.2) is 0 Å². The molecule has 2 rings (SSSR count). The lowest BCUT2D eigenvalue weighted by atomic mass is 10.1. The molecule has 0 saturated carbocycles. The van der Waals surface area contributed by atoms with Crippen LogP contribution in [0.1, 0.15) is 37.8 Å². The maximum atomic E-state index is 8.56. The van der Waals surface area contributed by atoms with Crippen molar-refractivity contribution in [3.05, 3.63) is 71.8 Å². The topological polar surface area (TPSA) is 57.5 Å². The smallest absolute Gasteiger partial charge is 0.450 e. The molecule has 0 aliphatic heterocycles. The lowest BCUT2D eigenvalue weighted by Gasteiger charge is -1.93. The van der Waals surface area contributed by atoms with Gasteiger partial charge in [-0.25, -0.2) is 4.79 Å². The molecule has 0 saturated heterocycles. The van der Waals surface area contributed by atoms with Crippen LogP contribution < -0.4 is 0 Å². The molecular weight excluding hydrogens is 276 g/mol. The molecule has 0 heterocycles. The zero-order chi connectivity index (χ0) is 16.6. The number of benzene rings is 2. The lowest BCUT2D eigenvalue weighted by molar-refractivity contribution is 0.137. The van der Waals surface area contributed by atoms with Crippen molar-refractivity contribution in [3.63, 3.8) is 0 Å². The van der Waals surface area contributed by atoms with Crippen LogP contribution in [0, 0.1) is 0 Å². The van der Waals surface area contributed by atoms with Gasteiger partial charge in [0.1, 0.15) is 0 Å². The second-order valence-corrected chi connectivity index (χ2v) is 4.75. The lowest BCUT2D eigenvalue weighted by Crippen LogP contribution is -1.81. The van der Waals surface area contributed by atoms with E-state index in [-0.39, 0.29) is 0 Å². The van der Waals surface area contributed by atoms with Crippen LogP contribution in [0.25, 0.3) is 0 Å². The molecule has 0 radical (unpaired) electrons. The summed E-state index contributed by atoms with van der Waals surface area (Å²) >= 11 is 0. The average Bonchev–Trinajstić information content (AvgIpc) is 2.50. The first-order valence-electron chi connectivity index (χ1n) is 7.59. The van der Waals surface area contributed by atoms with Gasteiger partial charge in [-0.15, -0.1) is 0 Å². The fourth-order valence-corrected chi connectivity index (χ4v) is 1.87. The predicted molar refractivity (Wildman–Crippen MR) is 91.5 cm³/mol. The van der Waals surface area contributed by atoms with Crippen LogP contribution >= 0.6 is 0 Å². The zero-order valence-electron chi connectivity index (χ0n) is 13.4. The molecule has 0 bridgehead atoms. The summed E-state index contributed by atoms with van der Waals surface area (Å²) in [4.78, 5) is 8.56. The number of hydrogen-bond donors (Lipinski definition) is 2. The van der Waals surface area contributed by atoms with Gasteiger partial charge in [0.2, 0.25) is 0 Å². The molecule has 3 nitrogen and oxygen atoms in total. The van der Waals surface area contributed by atoms with Crippen LogP contribution in [0.15, 0.2) is 60.7 Å². The van der Waals surface area contributed by atoms with E-state index in [1.807, 2.05) is 0 Å². The molecule has 0 unspecified atom stereocenters. The first-order valence-corrected chi connectivity index (χ1v) is 7.59. The molecule has 0 aliphatic carbocycles. The molecule has 2 aromatic rings. The Morgan fingerprint density at radius 3 is 1.23 bits per heavy atom. The van der Waals surface area contributed by atoms with Crippen LogP contribution in [-0.4, -0.2) is 16.4 Å². The molecule has 22 heavy (non-hydrogen) atoms. The highest BCUT2D eigenvalue weighted by Crippen LogP contribution is 2.01. The summed E-state index contributed by atoms with van der Waals surface area (Å²) in [6.07, 6.45) is 3.07. The Labute approximate surface area is 133 Å². The number of hydrogen-bond acceptors (Lipinski definition) is 1. The van der Waals surface area contributed by atoms with Gasteiger partial charge in [-0.1, -0.05) is 87.4 Å². The monoisotopic (exact) mass is 302 g/mol. The van der Waals surface area contributed by atoms with E-state index in [1.165, 1.54) is 36.8 Å². The third kappa shape index (κ3) is 12.7. The van der Waals surface area contributed by atoms with Crippen molar-refractivity contribution in [1.29, 1.82) is 0 Å². The Morgan fingerprint density at radius 1 is 0.727 bits per heavy atom. The summed E-state index contributed by atoms with van der Waals surface area (Å²) in [7, 11) is 0. The Hall–Kier alpha value is -2.29. The van der Waals surface area contributed by atoms with E-state index < -0.39 is 6.16 Å². The normalized spacial score (nSPS) is 8.82. The Kier molecular flexibility index (Phi) is 12.3. The van der Waals surface area contributed by atoms with Gasteiger partial charge in [-0.05, 0) is 24.0 Å². The van der Waals surface area contributed by atoms with E-state index in [9.17, 15) is 0 Å². The summed E-state index contributed by atoms with van der Waals surface area (Å²) < 4.78 is 0. The Balaban J connectivity index is 0.000000326. The predicted octanol–water partition coefficient (Wildman–Crippen LogP) is 5.50. The molecule has 0 spiro atoms. The summed E-state index contributed by atoms with van der Waals surface area (Å²) in [6, 6.07) is 21.1. The van der Waals surface area contributed by atoms with Crippen molar-refractivity contribution < 1.29 is 15.0 Å². The van der Waals surface area contributed by atoms with Gasteiger partial charge >= 0.3 is 6.16 Å². The third-order valence-electron chi connectivity index (χ3n) is 2.76. The van der Waals surface area contributed by atoms with Gasteiger partial charge in [0.25, 0.3) is 0 Å². The van der Waals surface area contributed by atoms with Crippen molar-refractivity contribution in [1.82, 2.24) is 0 Å². The molecule has 3 heteroatoms. The van der Waals surface area contributed by atoms with Gasteiger partial charge in [-0.3, -0.25) is 0 Å². The molecule has 120 valence electrons. The molecular formula is C19H26O3. The highest BCUT2D eigenvalue weighted by Gasteiger charge is 1.85. The Morgan fingerprint density at radius 2 is 1.00 bits per heavy atom. The minimum atomic E-state index is -1.83. The van der Waals surface area contributed by atoms with Crippen molar-refractivity contribution in [2.75, 3.05) is 0 Å². The first-order chi connectivity index (χ1) is 10.6. The quantitative estimate of drug-likeness (QED) is 0.784. The third-order valence-corrected chi connectivity index (χ3v) is 2.76. The van der Waals surface area contributed by atoms with Crippen molar-refractivity contribution in [2.45, 2.75) is 39.5 Å². The molecule has 0 aliphatic rings. The van der Waals surface area contributed by atoms with E-state index >= 15 is 0 Å². The maximum absolute atomic E-state index is 8.56. The largest absolute Gasteiger partial charge is 0.503 e. The molecule has 0 aromatic heterocycles. The van der Waals surface area contributed by atoms with E-state index in [4.69, 9.17) is 15.0 Å². The fourth-order valence-electron chi connectivity index (χ4n) is 1.87. The Bertz CT molecular complexity index is 435. The maximum Gasteiger partial charge on any atom is 0.503 e. The van der Waals surface area contributed by atoms with Gasteiger partial charge in [-0.2, -0.15) is 0 Å². The minimum Gasteiger partial charge on any atom is -0.450 e. The van der Waals surface area contributed by atoms with E-state index in [0.717, 1.165) is 0 Å².